The molecule has 10 heteroatoms. The Morgan fingerprint density at radius 1 is 0.927 bits per heavy atom. The van der Waals surface area contributed by atoms with E-state index in [4.69, 9.17) is 18.9 Å². The highest BCUT2D eigenvalue weighted by molar-refractivity contribution is 5.68. The van der Waals surface area contributed by atoms with Crippen molar-refractivity contribution in [2.24, 2.45) is 0 Å². The molecule has 5 rings (SSSR count). The number of fused-ring (bicyclic) bond motifs is 2. The molecule has 9 nitrogen and oxygen atoms in total. The predicted molar refractivity (Wildman–Crippen MR) is 149 cm³/mol. The molecule has 0 aromatic heterocycles. The van der Waals surface area contributed by atoms with Crippen molar-refractivity contribution in [3.8, 4) is 17.2 Å². The molecule has 1 unspecified atom stereocenters. The zero-order valence-electron chi connectivity index (χ0n) is 23.2. The number of nitrogens with zero attached hydrogens (tertiary/aromatic N) is 1. The number of aliphatic hydroxyl groups is 4. The zero-order chi connectivity index (χ0) is 29.3. The summed E-state index contributed by atoms with van der Waals surface area (Å²) < 4.78 is 39.1. The Hall–Kier alpha value is -3.25. The van der Waals surface area contributed by atoms with Gasteiger partial charge in [0, 0.05) is 43.1 Å². The molecule has 3 aromatic rings. The molecule has 0 spiro atoms. The minimum absolute atomic E-state index is 0.0111. The molecule has 0 radical (unpaired) electrons. The van der Waals surface area contributed by atoms with Gasteiger partial charge in [0.25, 0.3) is 0 Å². The van der Waals surface area contributed by atoms with Gasteiger partial charge in [-0.25, -0.2) is 4.39 Å². The van der Waals surface area contributed by atoms with Gasteiger partial charge in [0.15, 0.2) is 5.60 Å². The van der Waals surface area contributed by atoms with Gasteiger partial charge in [-0.3, -0.25) is 0 Å². The van der Waals surface area contributed by atoms with Crippen LogP contribution in [0.5, 0.6) is 17.2 Å². The Morgan fingerprint density at radius 2 is 1.63 bits per heavy atom. The van der Waals surface area contributed by atoms with Gasteiger partial charge in [-0.2, -0.15) is 0 Å². The first kappa shape index (κ1) is 29.2. The number of alkyl halides is 1. The minimum atomic E-state index is -1.66. The molecule has 6 atom stereocenters. The third-order valence-electron chi connectivity index (χ3n) is 7.99. The second-order valence-electron chi connectivity index (χ2n) is 10.1. The highest BCUT2D eigenvalue weighted by atomic mass is 19.1. The van der Waals surface area contributed by atoms with Crippen molar-refractivity contribution in [1.29, 1.82) is 0 Å². The van der Waals surface area contributed by atoms with Crippen LogP contribution in [-0.4, -0.2) is 77.9 Å². The number of rotatable bonds is 9. The standard InChI is InChI=1S/C31H36FNO8/c1-4-33(5-2)19-11-12-21-24(15-19)39-29-20(16-32)23(40-30-28(37)27(36)26(35)25(17-34)41-30)14-13-22(29)31(21,38-3)18-9-7-6-8-10-18/h6-15,25-28,30,34-37H,4-5,16-17H2,1-3H3/t25-,26+,27+,28-,30-,31?/m1/s1. The van der Waals surface area contributed by atoms with E-state index in [1.807, 2.05) is 48.5 Å². The summed E-state index contributed by atoms with van der Waals surface area (Å²) in [5.74, 6) is 0.703. The highest BCUT2D eigenvalue weighted by Crippen LogP contribution is 2.55. The van der Waals surface area contributed by atoms with E-state index in [-0.39, 0.29) is 17.1 Å². The topological polar surface area (TPSA) is 121 Å². The average Bonchev–Trinajstić information content (AvgIpc) is 3.01. The van der Waals surface area contributed by atoms with Crippen LogP contribution in [0, 0.1) is 0 Å². The summed E-state index contributed by atoms with van der Waals surface area (Å²) in [6.07, 6.45) is -7.51. The van der Waals surface area contributed by atoms with Crippen molar-refractivity contribution in [3.63, 3.8) is 0 Å². The van der Waals surface area contributed by atoms with Crippen molar-refractivity contribution in [2.75, 3.05) is 31.7 Å². The third kappa shape index (κ3) is 4.84. The van der Waals surface area contributed by atoms with Crippen LogP contribution in [0.15, 0.2) is 60.7 Å². The van der Waals surface area contributed by atoms with Gasteiger partial charge < -0.3 is 44.3 Å². The van der Waals surface area contributed by atoms with Crippen LogP contribution in [-0.2, 0) is 21.7 Å². The molecule has 0 aliphatic carbocycles. The van der Waals surface area contributed by atoms with Gasteiger partial charge in [-0.05, 0) is 43.7 Å². The highest BCUT2D eigenvalue weighted by Gasteiger charge is 2.47. The fourth-order valence-corrected chi connectivity index (χ4v) is 5.78. The van der Waals surface area contributed by atoms with E-state index in [9.17, 15) is 24.8 Å². The molecular formula is C31H36FNO8. The molecule has 3 aromatic carbocycles. The Balaban J connectivity index is 1.66. The second-order valence-corrected chi connectivity index (χ2v) is 10.1. The molecule has 4 N–H and O–H groups in total. The van der Waals surface area contributed by atoms with Gasteiger partial charge >= 0.3 is 0 Å². The number of benzene rings is 3. The first-order valence-electron chi connectivity index (χ1n) is 13.7. The molecule has 2 heterocycles. The van der Waals surface area contributed by atoms with E-state index in [0.29, 0.717) is 11.3 Å². The van der Waals surface area contributed by atoms with E-state index in [0.717, 1.165) is 29.9 Å². The Kier molecular flexibility index (Phi) is 8.51. The number of hydrogen-bond donors (Lipinski definition) is 4. The first-order chi connectivity index (χ1) is 19.8. The largest absolute Gasteiger partial charge is 0.461 e. The molecule has 0 bridgehead atoms. The normalized spacial score (nSPS) is 27.0. The smallest absolute Gasteiger partial charge is 0.229 e. The lowest BCUT2D eigenvalue weighted by atomic mass is 9.77. The van der Waals surface area contributed by atoms with Crippen LogP contribution >= 0.6 is 0 Å². The lowest BCUT2D eigenvalue weighted by molar-refractivity contribution is -0.277. The number of hydrogen-bond acceptors (Lipinski definition) is 9. The zero-order valence-corrected chi connectivity index (χ0v) is 23.2. The number of ether oxygens (including phenoxy) is 4. The molecular weight excluding hydrogens is 533 g/mol. The summed E-state index contributed by atoms with van der Waals surface area (Å²) in [5.41, 5.74) is 1.97. The Labute approximate surface area is 238 Å². The maximum atomic E-state index is 14.9. The van der Waals surface area contributed by atoms with E-state index in [2.05, 4.69) is 18.7 Å². The van der Waals surface area contributed by atoms with E-state index in [1.54, 1.807) is 13.2 Å². The number of anilines is 1. The summed E-state index contributed by atoms with van der Waals surface area (Å²) >= 11 is 0. The molecule has 220 valence electrons. The molecule has 1 fully saturated rings. The van der Waals surface area contributed by atoms with E-state index < -0.39 is 49.6 Å². The lowest BCUT2D eigenvalue weighted by Crippen LogP contribution is -2.60. The fraction of sp³-hybridized carbons (Fsp3) is 0.419. The van der Waals surface area contributed by atoms with E-state index >= 15 is 0 Å². The fourth-order valence-electron chi connectivity index (χ4n) is 5.78. The first-order valence-corrected chi connectivity index (χ1v) is 13.7. The molecule has 1 saturated heterocycles. The summed E-state index contributed by atoms with van der Waals surface area (Å²) in [7, 11) is 1.59. The maximum absolute atomic E-state index is 14.9. The lowest BCUT2D eigenvalue weighted by Gasteiger charge is -2.41. The van der Waals surface area contributed by atoms with Crippen LogP contribution in [0.3, 0.4) is 0 Å². The quantitative estimate of drug-likeness (QED) is 0.308. The van der Waals surface area contributed by atoms with Crippen LogP contribution in [0.4, 0.5) is 10.1 Å². The van der Waals surface area contributed by atoms with Crippen molar-refractivity contribution < 1.29 is 43.8 Å². The van der Waals surface area contributed by atoms with Crippen molar-refractivity contribution in [2.45, 2.75) is 56.8 Å². The third-order valence-corrected chi connectivity index (χ3v) is 7.99. The number of methoxy groups -OCH3 is 1. The predicted octanol–water partition coefficient (Wildman–Crippen LogP) is 3.23. The van der Waals surface area contributed by atoms with Crippen molar-refractivity contribution in [1.82, 2.24) is 0 Å². The summed E-state index contributed by atoms with van der Waals surface area (Å²) in [6.45, 7) is 4.08. The number of aliphatic hydroxyl groups excluding tert-OH is 4. The molecule has 2 aliphatic rings. The Morgan fingerprint density at radius 3 is 2.27 bits per heavy atom. The van der Waals surface area contributed by atoms with Crippen LogP contribution in [0.2, 0.25) is 0 Å². The minimum Gasteiger partial charge on any atom is -0.461 e. The second kappa shape index (κ2) is 11.9. The molecule has 2 aliphatic heterocycles. The van der Waals surface area contributed by atoms with Crippen LogP contribution in [0.25, 0.3) is 0 Å². The number of halogens is 1. The van der Waals surface area contributed by atoms with E-state index in [1.165, 1.54) is 6.07 Å². The maximum Gasteiger partial charge on any atom is 0.229 e. The molecule has 0 amide bonds. The molecule has 0 saturated carbocycles. The van der Waals surface area contributed by atoms with Gasteiger partial charge in [-0.15, -0.1) is 0 Å². The van der Waals surface area contributed by atoms with Crippen LogP contribution in [0.1, 0.15) is 36.1 Å². The summed E-state index contributed by atoms with van der Waals surface area (Å²) in [4.78, 5) is 2.17. The monoisotopic (exact) mass is 569 g/mol. The van der Waals surface area contributed by atoms with Gasteiger partial charge in [-0.1, -0.05) is 30.3 Å². The van der Waals surface area contributed by atoms with Gasteiger partial charge in [0.1, 0.15) is 48.3 Å². The van der Waals surface area contributed by atoms with Crippen molar-refractivity contribution in [3.05, 3.63) is 82.9 Å². The summed E-state index contributed by atoms with van der Waals surface area (Å²) in [5, 5.41) is 40.4. The molecule has 41 heavy (non-hydrogen) atoms. The average molecular weight is 570 g/mol. The van der Waals surface area contributed by atoms with Crippen LogP contribution < -0.4 is 14.4 Å². The van der Waals surface area contributed by atoms with Gasteiger partial charge in [0.2, 0.25) is 6.29 Å². The SMILES string of the molecule is CCN(CC)c1ccc2c(c1)Oc1c(ccc(O[C@@H]3O[C@H](CO)[C@H](O)[C@H](O)[C@H]3O)c1CF)C2(OC)c1ccccc1. The summed E-state index contributed by atoms with van der Waals surface area (Å²) in [6, 6.07) is 18.7. The van der Waals surface area contributed by atoms with Gasteiger partial charge in [0.05, 0.1) is 12.2 Å². The van der Waals surface area contributed by atoms with Crippen molar-refractivity contribution >= 4 is 5.69 Å². The Bertz CT molecular complexity index is 1350.